The molecule has 0 heterocycles. The van der Waals surface area contributed by atoms with Crippen LogP contribution in [-0.2, 0) is 14.3 Å². The zero-order valence-electron chi connectivity index (χ0n) is 25.5. The minimum atomic E-state index is -1.12. The zero-order chi connectivity index (χ0) is 31.9. The van der Waals surface area contributed by atoms with Crippen molar-refractivity contribution >= 4 is 23.8 Å². The third-order valence-electron chi connectivity index (χ3n) is 8.52. The lowest BCUT2D eigenvalue weighted by molar-refractivity contribution is -0.139. The van der Waals surface area contributed by atoms with Crippen LogP contribution in [0.25, 0.3) is 11.1 Å². The number of aliphatic carboxylic acids is 1. The van der Waals surface area contributed by atoms with E-state index in [-0.39, 0.29) is 18.9 Å². The zero-order valence-corrected chi connectivity index (χ0v) is 26.3. The lowest BCUT2D eigenvalue weighted by Gasteiger charge is -2.36. The molecule has 0 fully saturated rings. The van der Waals surface area contributed by atoms with Crippen LogP contribution in [0, 0.1) is 0 Å². The van der Waals surface area contributed by atoms with Crippen LogP contribution in [0.4, 0.5) is 4.79 Å². The number of hydrogen-bond donors (Lipinski definition) is 2. The first-order valence-electron chi connectivity index (χ1n) is 15.2. The van der Waals surface area contributed by atoms with Gasteiger partial charge in [0.1, 0.15) is 18.4 Å². The number of alkyl carbamates (subject to hydrolysis) is 1. The van der Waals surface area contributed by atoms with Gasteiger partial charge in [-0.3, -0.25) is 0 Å². The number of benzene rings is 5. The van der Waals surface area contributed by atoms with Gasteiger partial charge in [0.05, 0.1) is 11.9 Å². The van der Waals surface area contributed by atoms with Crippen molar-refractivity contribution in [1.82, 2.24) is 5.32 Å². The minimum Gasteiger partial charge on any atom is -0.497 e. The first-order valence-corrected chi connectivity index (χ1v) is 16.2. The van der Waals surface area contributed by atoms with E-state index in [2.05, 4.69) is 53.8 Å². The quantitative estimate of drug-likeness (QED) is 0.136. The molecule has 0 aliphatic heterocycles. The molecule has 0 aromatic heterocycles. The third kappa shape index (κ3) is 6.24. The molecule has 1 unspecified atom stereocenters. The van der Waals surface area contributed by atoms with Crippen molar-refractivity contribution in [2.45, 2.75) is 23.1 Å². The Labute approximate surface area is 273 Å². The molecule has 1 aliphatic carbocycles. The number of ether oxygens (including phenoxy) is 2. The maximum Gasteiger partial charge on any atom is 0.407 e. The Morgan fingerprint density at radius 3 is 1.76 bits per heavy atom. The molecular formula is C39H35NO5S. The van der Waals surface area contributed by atoms with Gasteiger partial charge in [-0.2, -0.15) is 0 Å². The van der Waals surface area contributed by atoms with Crippen LogP contribution in [0.3, 0.4) is 0 Å². The Bertz CT molecular complexity index is 1710. The summed E-state index contributed by atoms with van der Waals surface area (Å²) < 4.78 is 10.5. The third-order valence-corrected chi connectivity index (χ3v) is 10.1. The number of rotatable bonds is 12. The molecule has 0 saturated carbocycles. The van der Waals surface area contributed by atoms with Crippen molar-refractivity contribution in [3.63, 3.8) is 0 Å². The highest BCUT2D eigenvalue weighted by molar-refractivity contribution is 8.00. The summed E-state index contributed by atoms with van der Waals surface area (Å²) in [5.41, 5.74) is 7.61. The molecule has 0 spiro atoms. The van der Waals surface area contributed by atoms with Gasteiger partial charge in [-0.1, -0.05) is 121 Å². The number of hydrogen-bond acceptors (Lipinski definition) is 5. The molecule has 6 rings (SSSR count). The summed E-state index contributed by atoms with van der Waals surface area (Å²) in [5.74, 6) is -0.0272. The number of methoxy groups -OCH3 is 1. The molecule has 0 radical (unpaired) electrons. The minimum absolute atomic E-state index is 0.112. The van der Waals surface area contributed by atoms with Crippen LogP contribution in [0.5, 0.6) is 5.75 Å². The van der Waals surface area contributed by atoms with Crippen molar-refractivity contribution in [2.75, 3.05) is 19.5 Å². The fraction of sp³-hybridized carbons (Fsp3) is 0.179. The predicted octanol–water partition coefficient (Wildman–Crippen LogP) is 8.10. The summed E-state index contributed by atoms with van der Waals surface area (Å²) in [4.78, 5) is 25.4. The molecular weight excluding hydrogens is 594 g/mol. The van der Waals surface area contributed by atoms with E-state index >= 15 is 0 Å². The maximum atomic E-state index is 13.0. The molecule has 7 heteroatoms. The summed E-state index contributed by atoms with van der Waals surface area (Å²) in [6.45, 7) is 0.115. The van der Waals surface area contributed by atoms with Crippen molar-refractivity contribution < 1.29 is 24.2 Å². The van der Waals surface area contributed by atoms with Crippen LogP contribution < -0.4 is 10.1 Å². The number of carbonyl (C=O) groups excluding carboxylic acids is 1. The van der Waals surface area contributed by atoms with Crippen molar-refractivity contribution in [1.29, 1.82) is 0 Å². The number of thioether (sulfide) groups is 1. The van der Waals surface area contributed by atoms with Gasteiger partial charge in [-0.15, -0.1) is 11.8 Å². The van der Waals surface area contributed by atoms with E-state index in [0.717, 1.165) is 44.7 Å². The molecule has 1 aliphatic rings. The van der Waals surface area contributed by atoms with E-state index in [1.165, 1.54) is 0 Å². The smallest absolute Gasteiger partial charge is 0.407 e. The monoisotopic (exact) mass is 629 g/mol. The number of carboxylic acids is 1. The highest BCUT2D eigenvalue weighted by Gasteiger charge is 2.37. The average molecular weight is 630 g/mol. The summed E-state index contributed by atoms with van der Waals surface area (Å²) in [5, 5.41) is 12.7. The number of fused-ring (bicyclic) bond motifs is 3. The largest absolute Gasteiger partial charge is 0.497 e. The normalized spacial score (nSPS) is 12.9. The van der Waals surface area contributed by atoms with E-state index in [9.17, 15) is 14.7 Å². The predicted molar refractivity (Wildman–Crippen MR) is 182 cm³/mol. The van der Waals surface area contributed by atoms with Crippen LogP contribution in [0.15, 0.2) is 133 Å². The first kappa shape index (κ1) is 31.0. The van der Waals surface area contributed by atoms with Gasteiger partial charge in [0.15, 0.2) is 0 Å². The average Bonchev–Trinajstić information content (AvgIpc) is 3.43. The van der Waals surface area contributed by atoms with Gasteiger partial charge in [0.25, 0.3) is 0 Å². The topological polar surface area (TPSA) is 84.9 Å². The SMILES string of the molecule is COc1ccc(C(SCCC(NC(=O)OCC2c3ccccc3-c3ccccc32)C(=O)O)(c2ccccc2)c2ccccc2)cc1. The van der Waals surface area contributed by atoms with Crippen LogP contribution in [0.2, 0.25) is 0 Å². The molecule has 0 saturated heterocycles. The van der Waals surface area contributed by atoms with Crippen LogP contribution in [0.1, 0.15) is 40.2 Å². The fourth-order valence-corrected chi connectivity index (χ4v) is 7.86. The van der Waals surface area contributed by atoms with E-state index in [4.69, 9.17) is 9.47 Å². The van der Waals surface area contributed by atoms with E-state index in [0.29, 0.717) is 5.75 Å². The Balaban J connectivity index is 1.19. The second kappa shape index (κ2) is 14.0. The van der Waals surface area contributed by atoms with Gasteiger partial charge < -0.3 is 19.9 Å². The van der Waals surface area contributed by atoms with Crippen molar-refractivity contribution in [2.24, 2.45) is 0 Å². The second-order valence-corrected chi connectivity index (χ2v) is 12.4. The molecule has 232 valence electrons. The molecule has 0 bridgehead atoms. The standard InChI is InChI=1S/C39H35NO5S/c1-44-30-22-20-29(21-23-30)39(27-12-4-2-5-13-27,28-14-6-3-7-15-28)46-25-24-36(37(41)42)40-38(43)45-26-35-33-18-10-8-16-31(33)32-17-9-11-19-34(32)35/h2-23,35-36H,24-26H2,1H3,(H,40,43)(H,41,42). The van der Waals surface area contributed by atoms with Crippen molar-refractivity contribution in [3.8, 4) is 16.9 Å². The van der Waals surface area contributed by atoms with E-state index in [1.54, 1.807) is 18.9 Å². The lowest BCUT2D eigenvalue weighted by Crippen LogP contribution is -2.42. The summed E-state index contributed by atoms with van der Waals surface area (Å²) >= 11 is 1.64. The molecule has 5 aromatic carbocycles. The second-order valence-electron chi connectivity index (χ2n) is 11.1. The first-order chi connectivity index (χ1) is 22.5. The molecule has 1 amide bonds. The van der Waals surface area contributed by atoms with Gasteiger partial charge >= 0.3 is 12.1 Å². The number of carboxylic acid groups (broad SMARTS) is 1. The number of amides is 1. The molecule has 1 atom stereocenters. The van der Waals surface area contributed by atoms with Gasteiger partial charge in [0.2, 0.25) is 0 Å². The van der Waals surface area contributed by atoms with Gasteiger partial charge in [-0.05, 0) is 63.3 Å². The Morgan fingerprint density at radius 1 is 0.739 bits per heavy atom. The molecule has 5 aromatic rings. The van der Waals surface area contributed by atoms with Crippen LogP contribution in [-0.4, -0.2) is 42.7 Å². The number of carbonyl (C=O) groups is 2. The molecule has 6 nitrogen and oxygen atoms in total. The highest BCUT2D eigenvalue weighted by atomic mass is 32.2. The van der Waals surface area contributed by atoms with E-state index < -0.39 is 22.9 Å². The number of nitrogens with one attached hydrogen (secondary N) is 1. The summed E-state index contributed by atoms with van der Waals surface area (Å²) in [6, 6.07) is 43.4. The highest BCUT2D eigenvalue weighted by Crippen LogP contribution is 2.49. The molecule has 2 N–H and O–H groups in total. The van der Waals surface area contributed by atoms with Crippen LogP contribution >= 0.6 is 11.8 Å². The maximum absolute atomic E-state index is 13.0. The Morgan fingerprint density at radius 2 is 1.24 bits per heavy atom. The van der Waals surface area contributed by atoms with Crippen molar-refractivity contribution in [3.05, 3.63) is 161 Å². The van der Waals surface area contributed by atoms with Gasteiger partial charge in [-0.25, -0.2) is 9.59 Å². The summed E-state index contributed by atoms with van der Waals surface area (Å²) in [7, 11) is 1.64. The molecule has 46 heavy (non-hydrogen) atoms. The Kier molecular flexibility index (Phi) is 9.41. The Hall–Kier alpha value is -5.01. The van der Waals surface area contributed by atoms with Gasteiger partial charge in [0, 0.05) is 5.92 Å². The van der Waals surface area contributed by atoms with E-state index in [1.807, 2.05) is 84.9 Å². The fourth-order valence-electron chi connectivity index (χ4n) is 6.29. The summed E-state index contributed by atoms with van der Waals surface area (Å²) in [6.07, 6.45) is -0.548. The lowest BCUT2D eigenvalue weighted by atomic mass is 9.84.